The lowest BCUT2D eigenvalue weighted by Crippen LogP contribution is -2.57. The third-order valence-electron chi connectivity index (χ3n) is 5.29. The molecule has 1 aromatic rings. The van der Waals surface area contributed by atoms with Gasteiger partial charge in [-0.15, -0.1) is 9.24 Å². The lowest BCUT2D eigenvalue weighted by molar-refractivity contribution is -0.812. The van der Waals surface area contributed by atoms with Crippen LogP contribution in [0.3, 0.4) is 0 Å². The summed E-state index contributed by atoms with van der Waals surface area (Å²) in [5.74, 6) is 0.165. The third kappa shape index (κ3) is 7.58. The highest BCUT2D eigenvalue weighted by atomic mass is 31.0. The highest BCUT2D eigenvalue weighted by Gasteiger charge is 2.45. The van der Waals surface area contributed by atoms with Crippen molar-refractivity contribution in [3.63, 3.8) is 0 Å². The highest BCUT2D eigenvalue weighted by molar-refractivity contribution is 7.20. The van der Waals surface area contributed by atoms with E-state index in [9.17, 15) is 10.0 Å². The van der Waals surface area contributed by atoms with Crippen molar-refractivity contribution >= 4 is 15.1 Å². The molecule has 1 rings (SSSR count). The number of hydrogen-bond donors (Lipinski definition) is 0. The Balaban J connectivity index is 3.09. The van der Waals surface area contributed by atoms with Crippen LogP contribution in [-0.2, 0) is 9.95 Å². The normalized spacial score (nSPS) is 14.5. The van der Waals surface area contributed by atoms with Gasteiger partial charge >= 0.3 is 5.91 Å². The standard InChI is InChI=1S/C24H42NO2P/c1-6-7-8-9-10-14-17-24(28,22-15-12-11-13-16-22)23(26)25(27,18-20(2)3)19-21(4)5/h11-13,15-16,20-21H,6-10,14,17-19,28H2,1-5H3/t24-/m0/s1. The summed E-state index contributed by atoms with van der Waals surface area (Å²) >= 11 is 0. The van der Waals surface area contributed by atoms with Crippen molar-refractivity contribution in [1.29, 1.82) is 0 Å². The average Bonchev–Trinajstić information content (AvgIpc) is 2.63. The fourth-order valence-electron chi connectivity index (χ4n) is 4.08. The number of quaternary nitrogens is 1. The van der Waals surface area contributed by atoms with Gasteiger partial charge in [-0.25, -0.2) is 4.79 Å². The van der Waals surface area contributed by atoms with E-state index in [2.05, 4.69) is 16.2 Å². The van der Waals surface area contributed by atoms with Crippen LogP contribution in [0.15, 0.2) is 30.3 Å². The molecule has 1 amide bonds. The molecule has 0 radical (unpaired) electrons. The van der Waals surface area contributed by atoms with Gasteiger partial charge in [0.25, 0.3) is 0 Å². The molecule has 0 bridgehead atoms. The van der Waals surface area contributed by atoms with Crippen LogP contribution < -0.4 is 0 Å². The molecule has 0 spiro atoms. The minimum Gasteiger partial charge on any atom is -0.625 e. The Bertz CT molecular complexity index is 563. The fraction of sp³-hybridized carbons (Fsp3) is 0.708. The maximum atomic E-state index is 13.8. The number of hydroxylamine groups is 3. The molecule has 3 nitrogen and oxygen atoms in total. The maximum Gasteiger partial charge on any atom is 0.328 e. The van der Waals surface area contributed by atoms with E-state index in [-0.39, 0.29) is 17.7 Å². The average molecular weight is 408 g/mol. The van der Waals surface area contributed by atoms with Gasteiger partial charge in [0.1, 0.15) is 5.16 Å². The van der Waals surface area contributed by atoms with Crippen molar-refractivity contribution in [2.24, 2.45) is 11.8 Å². The molecule has 0 heterocycles. The largest absolute Gasteiger partial charge is 0.625 e. The number of amides is 1. The van der Waals surface area contributed by atoms with Gasteiger partial charge in [0.2, 0.25) is 0 Å². The van der Waals surface area contributed by atoms with E-state index < -0.39 is 9.80 Å². The molecule has 0 fully saturated rings. The van der Waals surface area contributed by atoms with Crippen LogP contribution in [0.5, 0.6) is 0 Å². The van der Waals surface area contributed by atoms with Crippen molar-refractivity contribution in [2.75, 3.05) is 13.1 Å². The monoisotopic (exact) mass is 407 g/mol. The number of rotatable bonds is 13. The molecule has 0 aromatic heterocycles. The van der Waals surface area contributed by atoms with Gasteiger partial charge in [0, 0.05) is 11.8 Å². The molecule has 1 unspecified atom stereocenters. The summed E-state index contributed by atoms with van der Waals surface area (Å²) in [4.78, 5) is 13.8. The van der Waals surface area contributed by atoms with Crippen molar-refractivity contribution in [1.82, 2.24) is 0 Å². The summed E-state index contributed by atoms with van der Waals surface area (Å²) in [5.41, 5.74) is 0.949. The zero-order valence-corrected chi connectivity index (χ0v) is 19.9. The zero-order valence-electron chi connectivity index (χ0n) is 18.7. The van der Waals surface area contributed by atoms with Crippen molar-refractivity contribution < 1.29 is 9.44 Å². The Kier molecular flexibility index (Phi) is 10.9. The van der Waals surface area contributed by atoms with Crippen LogP contribution in [0, 0.1) is 17.0 Å². The number of carbonyl (C=O) groups is 1. The van der Waals surface area contributed by atoms with Gasteiger partial charge in [0.15, 0.2) is 0 Å². The smallest absolute Gasteiger partial charge is 0.328 e. The molecule has 4 heteroatoms. The lowest BCUT2D eigenvalue weighted by Gasteiger charge is -2.47. The molecule has 160 valence electrons. The number of unbranched alkanes of at least 4 members (excludes halogenated alkanes) is 5. The molecule has 0 saturated carbocycles. The van der Waals surface area contributed by atoms with E-state index in [1.165, 1.54) is 25.7 Å². The van der Waals surface area contributed by atoms with Crippen LogP contribution in [0.2, 0.25) is 0 Å². The van der Waals surface area contributed by atoms with E-state index in [0.29, 0.717) is 19.5 Å². The minimum absolute atomic E-state index is 0.180. The molecule has 0 aliphatic carbocycles. The Labute approximate surface area is 175 Å². The Morgan fingerprint density at radius 3 is 1.96 bits per heavy atom. The third-order valence-corrected chi connectivity index (χ3v) is 6.15. The molecule has 0 aliphatic rings. The molecule has 28 heavy (non-hydrogen) atoms. The predicted molar refractivity (Wildman–Crippen MR) is 124 cm³/mol. The van der Waals surface area contributed by atoms with Gasteiger partial charge in [-0.3, -0.25) is 4.65 Å². The van der Waals surface area contributed by atoms with Crippen LogP contribution >= 0.6 is 9.24 Å². The van der Waals surface area contributed by atoms with Gasteiger partial charge < -0.3 is 5.21 Å². The van der Waals surface area contributed by atoms with Crippen LogP contribution in [0.4, 0.5) is 0 Å². The summed E-state index contributed by atoms with van der Waals surface area (Å²) < 4.78 is -0.733. The fourth-order valence-corrected chi connectivity index (χ4v) is 4.71. The van der Waals surface area contributed by atoms with Gasteiger partial charge in [-0.1, -0.05) is 103 Å². The Morgan fingerprint density at radius 1 is 0.964 bits per heavy atom. The van der Waals surface area contributed by atoms with Crippen LogP contribution in [0.25, 0.3) is 0 Å². The molecule has 0 saturated heterocycles. The summed E-state index contributed by atoms with van der Waals surface area (Å²) in [7, 11) is 2.80. The molecular weight excluding hydrogens is 365 g/mol. The number of carbonyl (C=O) groups excluding carboxylic acids is 1. The predicted octanol–water partition coefficient (Wildman–Crippen LogP) is 6.66. The van der Waals surface area contributed by atoms with Crippen molar-refractivity contribution in [2.45, 2.75) is 84.7 Å². The van der Waals surface area contributed by atoms with E-state index in [1.54, 1.807) is 0 Å². The van der Waals surface area contributed by atoms with Crippen LogP contribution in [-0.4, -0.2) is 23.6 Å². The van der Waals surface area contributed by atoms with Gasteiger partial charge in [0.05, 0.1) is 13.1 Å². The first-order chi connectivity index (χ1) is 13.2. The second-order valence-electron chi connectivity index (χ2n) is 9.20. The maximum absolute atomic E-state index is 13.8. The molecular formula is C24H42NO2P. The highest BCUT2D eigenvalue weighted by Crippen LogP contribution is 2.41. The topological polar surface area (TPSA) is 40.1 Å². The number of hydrogen-bond acceptors (Lipinski definition) is 2. The second-order valence-corrected chi connectivity index (χ2v) is 10.2. The summed E-state index contributed by atoms with van der Waals surface area (Å²) in [6, 6.07) is 9.89. The summed E-state index contributed by atoms with van der Waals surface area (Å²) in [5, 5.41) is 13.0. The molecule has 0 aliphatic heterocycles. The Hall–Kier alpha value is -0.760. The quantitative estimate of drug-likeness (QED) is 0.159. The first-order valence-electron chi connectivity index (χ1n) is 11.1. The van der Waals surface area contributed by atoms with E-state index in [4.69, 9.17) is 0 Å². The SMILES string of the molecule is CCCCCCCC[C@@](P)(C(=O)[N+]([O-])(CC(C)C)CC(C)C)c1ccccc1. The van der Waals surface area contributed by atoms with E-state index in [1.807, 2.05) is 58.0 Å². The van der Waals surface area contributed by atoms with Gasteiger partial charge in [-0.2, -0.15) is 0 Å². The lowest BCUT2D eigenvalue weighted by atomic mass is 9.89. The number of benzene rings is 1. The van der Waals surface area contributed by atoms with Crippen molar-refractivity contribution in [3.05, 3.63) is 41.1 Å². The number of nitrogens with zero attached hydrogens (tertiary/aromatic N) is 1. The molecule has 2 atom stereocenters. The first-order valence-corrected chi connectivity index (χ1v) is 11.7. The first kappa shape index (κ1) is 25.3. The summed E-state index contributed by atoms with van der Waals surface area (Å²) in [6.07, 6.45) is 7.75. The Morgan fingerprint density at radius 2 is 1.46 bits per heavy atom. The summed E-state index contributed by atoms with van der Waals surface area (Å²) in [6.45, 7) is 11.0. The molecule has 0 N–H and O–H groups in total. The van der Waals surface area contributed by atoms with Crippen molar-refractivity contribution in [3.8, 4) is 0 Å². The zero-order chi connectivity index (χ0) is 21.2. The second kappa shape index (κ2) is 12.1. The van der Waals surface area contributed by atoms with Crippen LogP contribution in [0.1, 0.15) is 85.1 Å². The molecule has 1 aromatic carbocycles. The van der Waals surface area contributed by atoms with E-state index >= 15 is 0 Å². The van der Waals surface area contributed by atoms with Gasteiger partial charge in [-0.05, 0) is 12.0 Å². The minimum atomic E-state index is -0.808. The van der Waals surface area contributed by atoms with E-state index in [0.717, 1.165) is 18.4 Å².